The minimum atomic E-state index is -0.215. The van der Waals surface area contributed by atoms with Gasteiger partial charge in [-0.25, -0.2) is 0 Å². The van der Waals surface area contributed by atoms with E-state index in [2.05, 4.69) is 10.3 Å². The van der Waals surface area contributed by atoms with Gasteiger partial charge in [-0.05, 0) is 53.6 Å². The lowest BCUT2D eigenvalue weighted by atomic mass is 10.1. The van der Waals surface area contributed by atoms with E-state index in [1.165, 1.54) is 5.56 Å². The maximum Gasteiger partial charge on any atom is 0.252 e. The molecule has 0 spiro atoms. The van der Waals surface area contributed by atoms with Crippen molar-refractivity contribution in [3.63, 3.8) is 0 Å². The number of nitrogens with one attached hydrogen (secondary N) is 2. The van der Waals surface area contributed by atoms with Gasteiger partial charge in [-0.15, -0.1) is 0 Å². The molecule has 0 radical (unpaired) electrons. The Kier molecular flexibility index (Phi) is 4.06. The van der Waals surface area contributed by atoms with E-state index in [0.29, 0.717) is 10.6 Å². The maximum atomic E-state index is 12.4. The second-order valence-electron chi connectivity index (χ2n) is 6.39. The minimum absolute atomic E-state index is 0.0145. The van der Waals surface area contributed by atoms with Crippen LogP contribution in [0.1, 0.15) is 29.2 Å². The molecule has 1 aliphatic rings. The molecule has 0 fully saturated rings. The van der Waals surface area contributed by atoms with E-state index in [1.54, 1.807) is 6.07 Å². The molecule has 1 unspecified atom stereocenters. The van der Waals surface area contributed by atoms with E-state index in [4.69, 9.17) is 11.6 Å². The largest absolute Gasteiger partial charge is 0.349 e. The monoisotopic (exact) mass is 352 g/mol. The Hall–Kier alpha value is -2.59. The van der Waals surface area contributed by atoms with Crippen LogP contribution in [0.15, 0.2) is 53.3 Å². The molecule has 1 atom stereocenters. The molecular weight excluding hydrogens is 336 g/mol. The Morgan fingerprint density at radius 1 is 1.20 bits per heavy atom. The van der Waals surface area contributed by atoms with E-state index >= 15 is 0 Å². The molecule has 1 amide bonds. The van der Waals surface area contributed by atoms with Gasteiger partial charge in [-0.2, -0.15) is 0 Å². The molecule has 0 bridgehead atoms. The SMILES string of the molecule is O=C(Cc1cc2ccccc2[nH]c1=O)NC1CCc2cc(Cl)ccc21. The van der Waals surface area contributed by atoms with Crippen molar-refractivity contribution >= 4 is 28.4 Å². The summed E-state index contributed by atoms with van der Waals surface area (Å²) in [4.78, 5) is 27.5. The lowest BCUT2D eigenvalue weighted by Gasteiger charge is -2.14. The number of aryl methyl sites for hydroxylation is 1. The summed E-state index contributed by atoms with van der Waals surface area (Å²) in [5.74, 6) is -0.145. The third-order valence-electron chi connectivity index (χ3n) is 4.70. The number of para-hydroxylation sites is 1. The highest BCUT2D eigenvalue weighted by molar-refractivity contribution is 6.30. The van der Waals surface area contributed by atoms with Crippen LogP contribution in [-0.2, 0) is 17.6 Å². The summed E-state index contributed by atoms with van der Waals surface area (Å²) in [5, 5.41) is 4.68. The number of hydrogen-bond donors (Lipinski definition) is 2. The van der Waals surface area contributed by atoms with Crippen molar-refractivity contribution in [3.8, 4) is 0 Å². The van der Waals surface area contributed by atoms with E-state index in [-0.39, 0.29) is 23.9 Å². The van der Waals surface area contributed by atoms with Crippen molar-refractivity contribution in [3.05, 3.63) is 80.6 Å². The quantitative estimate of drug-likeness (QED) is 0.757. The number of aromatic amines is 1. The van der Waals surface area contributed by atoms with Gasteiger partial charge in [0, 0.05) is 16.1 Å². The van der Waals surface area contributed by atoms with Crippen LogP contribution in [0.25, 0.3) is 10.9 Å². The molecule has 0 aliphatic heterocycles. The third kappa shape index (κ3) is 3.17. The van der Waals surface area contributed by atoms with E-state index in [1.807, 2.05) is 42.5 Å². The van der Waals surface area contributed by atoms with Gasteiger partial charge in [0.2, 0.25) is 5.91 Å². The lowest BCUT2D eigenvalue weighted by Crippen LogP contribution is -2.30. The van der Waals surface area contributed by atoms with E-state index in [9.17, 15) is 9.59 Å². The van der Waals surface area contributed by atoms with Crippen molar-refractivity contribution in [1.29, 1.82) is 0 Å². The maximum absolute atomic E-state index is 12.4. The summed E-state index contributed by atoms with van der Waals surface area (Å²) in [7, 11) is 0. The number of H-pyrrole nitrogens is 1. The van der Waals surface area contributed by atoms with Gasteiger partial charge in [0.25, 0.3) is 5.56 Å². The standard InChI is InChI=1S/C20H17ClN2O2/c21-15-6-7-16-12(10-15)5-8-18(16)22-19(24)11-14-9-13-3-1-2-4-17(13)23-20(14)25/h1-4,6-7,9-10,18H,5,8,11H2,(H,22,24)(H,23,25). The Bertz CT molecular complexity index is 1030. The fourth-order valence-corrected chi connectivity index (χ4v) is 3.67. The average molecular weight is 353 g/mol. The molecule has 5 heteroatoms. The second-order valence-corrected chi connectivity index (χ2v) is 6.83. The number of aromatic nitrogens is 1. The highest BCUT2D eigenvalue weighted by Crippen LogP contribution is 2.32. The topological polar surface area (TPSA) is 62.0 Å². The molecule has 2 N–H and O–H groups in total. The fraction of sp³-hybridized carbons (Fsp3) is 0.200. The van der Waals surface area contributed by atoms with Crippen LogP contribution >= 0.6 is 11.6 Å². The first kappa shape index (κ1) is 15.9. The van der Waals surface area contributed by atoms with Gasteiger partial charge in [-0.1, -0.05) is 35.9 Å². The molecule has 0 saturated heterocycles. The molecule has 126 valence electrons. The van der Waals surface area contributed by atoms with Gasteiger partial charge in [0.1, 0.15) is 0 Å². The Morgan fingerprint density at radius 2 is 2.04 bits per heavy atom. The van der Waals surface area contributed by atoms with E-state index in [0.717, 1.165) is 29.3 Å². The summed E-state index contributed by atoms with van der Waals surface area (Å²) >= 11 is 6.02. The zero-order chi connectivity index (χ0) is 17.4. The Balaban J connectivity index is 1.52. The zero-order valence-electron chi connectivity index (χ0n) is 13.5. The first-order chi connectivity index (χ1) is 12.1. The number of benzene rings is 2. The van der Waals surface area contributed by atoms with Gasteiger partial charge < -0.3 is 10.3 Å². The van der Waals surface area contributed by atoms with Crippen molar-refractivity contribution in [2.24, 2.45) is 0 Å². The minimum Gasteiger partial charge on any atom is -0.349 e. The third-order valence-corrected chi connectivity index (χ3v) is 4.93. The Labute approximate surface area is 149 Å². The van der Waals surface area contributed by atoms with Crippen LogP contribution in [0, 0.1) is 0 Å². The number of halogens is 1. The number of rotatable bonds is 3. The molecule has 4 nitrogen and oxygen atoms in total. The van der Waals surface area contributed by atoms with E-state index < -0.39 is 0 Å². The molecule has 3 aromatic rings. The predicted octanol–water partition coefficient (Wildman–Crippen LogP) is 3.53. The van der Waals surface area contributed by atoms with Crippen molar-refractivity contribution in [1.82, 2.24) is 10.3 Å². The van der Waals surface area contributed by atoms with Crippen LogP contribution in [0.4, 0.5) is 0 Å². The summed E-state index contributed by atoms with van der Waals surface area (Å²) in [5.41, 5.74) is 3.34. The summed E-state index contributed by atoms with van der Waals surface area (Å²) < 4.78 is 0. The number of amides is 1. The van der Waals surface area contributed by atoms with Crippen LogP contribution in [-0.4, -0.2) is 10.9 Å². The zero-order valence-corrected chi connectivity index (χ0v) is 14.3. The molecular formula is C20H17ClN2O2. The second kappa shape index (κ2) is 6.37. The van der Waals surface area contributed by atoms with Gasteiger partial charge in [0.05, 0.1) is 12.5 Å². The summed E-state index contributed by atoms with van der Waals surface area (Å²) in [6, 6.07) is 15.1. The van der Waals surface area contributed by atoms with Gasteiger partial charge in [-0.3, -0.25) is 9.59 Å². The molecule has 25 heavy (non-hydrogen) atoms. The van der Waals surface area contributed by atoms with Crippen LogP contribution < -0.4 is 10.9 Å². The predicted molar refractivity (Wildman–Crippen MR) is 98.9 cm³/mol. The number of fused-ring (bicyclic) bond motifs is 2. The lowest BCUT2D eigenvalue weighted by molar-refractivity contribution is -0.121. The summed E-state index contributed by atoms with van der Waals surface area (Å²) in [6.07, 6.45) is 1.83. The van der Waals surface area contributed by atoms with Crippen molar-refractivity contribution in [2.75, 3.05) is 0 Å². The highest BCUT2D eigenvalue weighted by atomic mass is 35.5. The van der Waals surface area contributed by atoms with Gasteiger partial charge in [0.15, 0.2) is 0 Å². The fourth-order valence-electron chi connectivity index (χ4n) is 3.48. The molecule has 1 aliphatic carbocycles. The first-order valence-corrected chi connectivity index (χ1v) is 8.66. The highest BCUT2D eigenvalue weighted by Gasteiger charge is 2.24. The Morgan fingerprint density at radius 3 is 2.92 bits per heavy atom. The molecule has 1 aromatic heterocycles. The smallest absolute Gasteiger partial charge is 0.252 e. The number of carbonyl (C=O) groups excluding carboxylic acids is 1. The van der Waals surface area contributed by atoms with Crippen LogP contribution in [0.5, 0.6) is 0 Å². The van der Waals surface area contributed by atoms with Crippen LogP contribution in [0.2, 0.25) is 5.02 Å². The van der Waals surface area contributed by atoms with Gasteiger partial charge >= 0.3 is 0 Å². The number of hydrogen-bond acceptors (Lipinski definition) is 2. The molecule has 2 aromatic carbocycles. The van der Waals surface area contributed by atoms with Crippen LogP contribution in [0.3, 0.4) is 0 Å². The molecule has 1 heterocycles. The molecule has 4 rings (SSSR count). The number of pyridine rings is 1. The molecule has 0 saturated carbocycles. The van der Waals surface area contributed by atoms with Crippen molar-refractivity contribution in [2.45, 2.75) is 25.3 Å². The summed E-state index contributed by atoms with van der Waals surface area (Å²) in [6.45, 7) is 0. The number of carbonyl (C=O) groups is 1. The first-order valence-electron chi connectivity index (χ1n) is 8.29. The van der Waals surface area contributed by atoms with Crippen molar-refractivity contribution < 1.29 is 4.79 Å². The average Bonchev–Trinajstić information content (AvgIpc) is 2.97. The normalized spacial score (nSPS) is 16.0.